The van der Waals surface area contributed by atoms with Gasteiger partial charge in [-0.3, -0.25) is 19.6 Å². The lowest BCUT2D eigenvalue weighted by atomic mass is 10.1. The molecule has 4 aromatic rings. The fourth-order valence-electron chi connectivity index (χ4n) is 5.72. The van der Waals surface area contributed by atoms with Gasteiger partial charge in [-0.1, -0.05) is 97.1 Å². The molecule has 4 heteroatoms. The number of nitrogens with zero attached hydrogens (tertiary/aromatic N) is 4. The third-order valence-electron chi connectivity index (χ3n) is 7.71. The van der Waals surface area contributed by atoms with Crippen LogP contribution < -0.4 is 0 Å². The van der Waals surface area contributed by atoms with Gasteiger partial charge in [-0.2, -0.15) is 0 Å². The van der Waals surface area contributed by atoms with E-state index >= 15 is 0 Å². The molecule has 0 radical (unpaired) electrons. The molecule has 40 heavy (non-hydrogen) atoms. The molecule has 7 heterocycles. The highest BCUT2D eigenvalue weighted by Crippen LogP contribution is 2.16. The van der Waals surface area contributed by atoms with Gasteiger partial charge in [0.25, 0.3) is 0 Å². The number of benzene rings is 4. The first-order chi connectivity index (χ1) is 19.4. The highest BCUT2D eigenvalue weighted by Gasteiger charge is 2.08. The molecule has 4 aromatic carbocycles. The Hall–Kier alpha value is -3.28. The van der Waals surface area contributed by atoms with Crippen molar-refractivity contribution in [2.45, 2.75) is 52.4 Å². The third kappa shape index (κ3) is 8.36. The highest BCUT2D eigenvalue weighted by atomic mass is 15.1. The Kier molecular flexibility index (Phi) is 9.45. The molecule has 11 rings (SSSR count). The fraction of sp³-hybridized carbons (Fsp3) is 0.333. The van der Waals surface area contributed by atoms with Crippen LogP contribution in [0.5, 0.6) is 0 Å². The molecule has 7 aliphatic rings. The van der Waals surface area contributed by atoms with Gasteiger partial charge in [0.15, 0.2) is 0 Å². The molecule has 208 valence electrons. The zero-order valence-electron chi connectivity index (χ0n) is 24.7. The summed E-state index contributed by atoms with van der Waals surface area (Å²) < 4.78 is 0. The van der Waals surface area contributed by atoms with Crippen LogP contribution in [-0.4, -0.2) is 47.8 Å². The molecular weight excluding hydrogens is 488 g/mol. The third-order valence-corrected chi connectivity index (χ3v) is 7.71. The highest BCUT2D eigenvalue weighted by molar-refractivity contribution is 5.27. The lowest BCUT2D eigenvalue weighted by molar-refractivity contribution is 0.313. The Morgan fingerprint density at radius 1 is 0.250 bits per heavy atom. The standard InChI is InChI=1S/C36H44N4/c1-37-21-29-5-9-31(10-6-29)23-38(2)25-33-13-17-35(18-14-33)27-40(4)28-36-19-15-34(16-20-36)26-39(3)24-32-11-7-30(22-37)8-12-32/h5-20H,21-28H2,1-4H3. The first-order valence-electron chi connectivity index (χ1n) is 14.4. The van der Waals surface area contributed by atoms with Gasteiger partial charge in [-0.05, 0) is 72.7 Å². The molecule has 0 saturated heterocycles. The second-order valence-electron chi connectivity index (χ2n) is 12.0. The summed E-state index contributed by atoms with van der Waals surface area (Å²) in [6, 6.07) is 36.5. The van der Waals surface area contributed by atoms with E-state index in [9.17, 15) is 0 Å². The van der Waals surface area contributed by atoms with Crippen molar-refractivity contribution in [3.8, 4) is 0 Å². The Bertz CT molecular complexity index is 1010. The second kappa shape index (κ2) is 13.4. The van der Waals surface area contributed by atoms with Gasteiger partial charge in [0.05, 0.1) is 0 Å². The van der Waals surface area contributed by atoms with Gasteiger partial charge in [0.2, 0.25) is 0 Å². The minimum Gasteiger partial charge on any atom is -0.298 e. The molecular formula is C36H44N4. The van der Waals surface area contributed by atoms with Gasteiger partial charge in [0, 0.05) is 52.4 Å². The zero-order chi connectivity index (χ0) is 27.9. The number of hydrogen-bond donors (Lipinski definition) is 0. The average Bonchev–Trinajstić information content (AvgIpc) is 2.92. The smallest absolute Gasteiger partial charge is 0.0234 e. The summed E-state index contributed by atoms with van der Waals surface area (Å²) in [5, 5.41) is 0. The topological polar surface area (TPSA) is 13.0 Å². The summed E-state index contributed by atoms with van der Waals surface area (Å²) in [5.74, 6) is 0. The lowest BCUT2D eigenvalue weighted by Gasteiger charge is -2.21. The van der Waals surface area contributed by atoms with Crippen LogP contribution in [0, 0.1) is 0 Å². The second-order valence-corrected chi connectivity index (χ2v) is 12.0. The Balaban J connectivity index is 1.31. The maximum absolute atomic E-state index is 2.39. The summed E-state index contributed by atoms with van der Waals surface area (Å²) in [4.78, 5) is 9.56. The molecule has 0 N–H and O–H groups in total. The lowest BCUT2D eigenvalue weighted by Crippen LogP contribution is -2.19. The number of hydrogen-bond acceptors (Lipinski definition) is 4. The summed E-state index contributed by atoms with van der Waals surface area (Å²) >= 11 is 0. The summed E-state index contributed by atoms with van der Waals surface area (Å²) in [5.41, 5.74) is 10.8. The predicted octanol–water partition coefficient (Wildman–Crippen LogP) is 6.53. The van der Waals surface area contributed by atoms with Gasteiger partial charge in [0.1, 0.15) is 0 Å². The Morgan fingerprint density at radius 3 is 0.450 bits per heavy atom. The first kappa shape index (κ1) is 28.3. The first-order valence-corrected chi connectivity index (χ1v) is 14.4. The summed E-state index contributed by atoms with van der Waals surface area (Å²) in [7, 11) is 8.82. The fourth-order valence-corrected chi connectivity index (χ4v) is 5.72. The van der Waals surface area contributed by atoms with Crippen molar-refractivity contribution in [3.05, 3.63) is 142 Å². The molecule has 0 atom stereocenters. The molecule has 8 bridgehead atoms. The van der Waals surface area contributed by atoms with Crippen LogP contribution in [0.3, 0.4) is 0 Å². The quantitative estimate of drug-likeness (QED) is 0.255. The van der Waals surface area contributed by atoms with Crippen molar-refractivity contribution >= 4 is 0 Å². The Labute approximate surface area is 241 Å². The minimum absolute atomic E-state index is 0.945. The monoisotopic (exact) mass is 532 g/mol. The van der Waals surface area contributed by atoms with Gasteiger partial charge < -0.3 is 0 Å². The molecule has 7 aliphatic heterocycles. The normalized spacial score (nSPS) is 17.3. The van der Waals surface area contributed by atoms with E-state index in [-0.39, 0.29) is 0 Å². The molecule has 0 aliphatic carbocycles. The van der Waals surface area contributed by atoms with E-state index in [0.29, 0.717) is 0 Å². The van der Waals surface area contributed by atoms with Gasteiger partial charge in [-0.25, -0.2) is 0 Å². The van der Waals surface area contributed by atoms with Crippen molar-refractivity contribution in [3.63, 3.8) is 0 Å². The maximum atomic E-state index is 2.39. The van der Waals surface area contributed by atoms with E-state index in [1.807, 2.05) is 0 Å². The zero-order valence-corrected chi connectivity index (χ0v) is 24.7. The van der Waals surface area contributed by atoms with E-state index in [0.717, 1.165) is 52.4 Å². The van der Waals surface area contributed by atoms with E-state index in [2.05, 4.69) is 145 Å². The van der Waals surface area contributed by atoms with Crippen LogP contribution in [0.15, 0.2) is 97.1 Å². The maximum Gasteiger partial charge on any atom is 0.0234 e. The van der Waals surface area contributed by atoms with Crippen LogP contribution in [0.4, 0.5) is 0 Å². The van der Waals surface area contributed by atoms with Crippen LogP contribution in [0.2, 0.25) is 0 Å². The molecule has 4 nitrogen and oxygen atoms in total. The largest absolute Gasteiger partial charge is 0.298 e. The van der Waals surface area contributed by atoms with Crippen LogP contribution in [0.1, 0.15) is 44.5 Å². The van der Waals surface area contributed by atoms with Crippen molar-refractivity contribution in [1.82, 2.24) is 19.6 Å². The van der Waals surface area contributed by atoms with Crippen molar-refractivity contribution in [2.24, 2.45) is 0 Å². The van der Waals surface area contributed by atoms with E-state index in [1.54, 1.807) is 0 Å². The minimum atomic E-state index is 0.945. The van der Waals surface area contributed by atoms with Crippen LogP contribution >= 0.6 is 0 Å². The number of rotatable bonds is 0. The SMILES string of the molecule is CN1Cc2ccc(cc2)CN(C)Cc2ccc(cc2)CN(C)Cc2ccc(cc2)CN(C)Cc2ccc(cc2)C1. The molecule has 0 aromatic heterocycles. The van der Waals surface area contributed by atoms with Gasteiger partial charge >= 0.3 is 0 Å². The van der Waals surface area contributed by atoms with Crippen molar-refractivity contribution < 1.29 is 0 Å². The van der Waals surface area contributed by atoms with Gasteiger partial charge in [-0.15, -0.1) is 0 Å². The van der Waals surface area contributed by atoms with E-state index in [1.165, 1.54) is 44.5 Å². The van der Waals surface area contributed by atoms with Crippen molar-refractivity contribution in [2.75, 3.05) is 28.2 Å². The van der Waals surface area contributed by atoms with E-state index < -0.39 is 0 Å². The Morgan fingerprint density at radius 2 is 0.350 bits per heavy atom. The summed E-state index contributed by atoms with van der Waals surface area (Å²) in [6.07, 6.45) is 0. The van der Waals surface area contributed by atoms with Crippen LogP contribution in [0.25, 0.3) is 0 Å². The molecule has 0 fully saturated rings. The molecule has 0 saturated carbocycles. The van der Waals surface area contributed by atoms with Crippen LogP contribution in [-0.2, 0) is 52.4 Å². The van der Waals surface area contributed by atoms with E-state index in [4.69, 9.17) is 0 Å². The summed E-state index contributed by atoms with van der Waals surface area (Å²) in [6.45, 7) is 7.56. The predicted molar refractivity (Wildman–Crippen MR) is 166 cm³/mol. The van der Waals surface area contributed by atoms with Crippen molar-refractivity contribution in [1.29, 1.82) is 0 Å². The molecule has 0 amide bonds. The molecule has 0 unspecified atom stereocenters. The average molecular weight is 533 g/mol. The molecule has 0 spiro atoms.